The molecular formula is C20H27N3O5. The average Bonchev–Trinajstić information content (AvgIpc) is 2.65. The van der Waals surface area contributed by atoms with Crippen molar-refractivity contribution >= 4 is 23.4 Å². The Kier molecular flexibility index (Phi) is 6.18. The third kappa shape index (κ3) is 4.44. The second-order valence-electron chi connectivity index (χ2n) is 7.22. The van der Waals surface area contributed by atoms with Gasteiger partial charge in [-0.05, 0) is 38.0 Å². The van der Waals surface area contributed by atoms with E-state index in [2.05, 4.69) is 10.6 Å². The predicted octanol–water partition coefficient (Wildman–Crippen LogP) is 1.55. The highest BCUT2D eigenvalue weighted by atomic mass is 16.5. The molecule has 0 aromatic heterocycles. The molecule has 0 spiro atoms. The van der Waals surface area contributed by atoms with E-state index in [1.807, 2.05) is 6.92 Å². The summed E-state index contributed by atoms with van der Waals surface area (Å²) in [7, 11) is 1.76. The molecule has 8 nitrogen and oxygen atoms in total. The van der Waals surface area contributed by atoms with E-state index in [1.54, 1.807) is 30.1 Å². The van der Waals surface area contributed by atoms with Gasteiger partial charge in [0, 0.05) is 26.2 Å². The molecule has 2 N–H and O–H groups in total. The predicted molar refractivity (Wildman–Crippen MR) is 103 cm³/mol. The van der Waals surface area contributed by atoms with Crippen LogP contribution >= 0.6 is 0 Å². The van der Waals surface area contributed by atoms with E-state index >= 15 is 0 Å². The Labute approximate surface area is 164 Å². The molecule has 8 heteroatoms. The summed E-state index contributed by atoms with van der Waals surface area (Å²) in [5.41, 5.74) is 0.965. The normalized spacial score (nSPS) is 24.2. The molecule has 0 aliphatic carbocycles. The van der Waals surface area contributed by atoms with Gasteiger partial charge in [-0.25, -0.2) is 0 Å². The molecule has 3 atom stereocenters. The highest BCUT2D eigenvalue weighted by molar-refractivity contribution is 5.99. The van der Waals surface area contributed by atoms with E-state index in [1.165, 1.54) is 6.92 Å². The molecule has 3 amide bonds. The van der Waals surface area contributed by atoms with Crippen LogP contribution in [0.25, 0.3) is 0 Å². The van der Waals surface area contributed by atoms with Crippen molar-refractivity contribution in [1.82, 2.24) is 10.2 Å². The third-order valence-electron chi connectivity index (χ3n) is 5.12. The number of ether oxygens (including phenoxy) is 2. The van der Waals surface area contributed by atoms with Gasteiger partial charge in [-0.3, -0.25) is 14.4 Å². The van der Waals surface area contributed by atoms with E-state index in [0.717, 1.165) is 6.42 Å². The van der Waals surface area contributed by atoms with E-state index in [9.17, 15) is 14.4 Å². The zero-order chi connectivity index (χ0) is 20.3. The minimum atomic E-state index is -0.301. The van der Waals surface area contributed by atoms with Gasteiger partial charge in [0.1, 0.15) is 18.5 Å². The molecule has 0 saturated carbocycles. The summed E-state index contributed by atoms with van der Waals surface area (Å²) >= 11 is 0. The maximum Gasteiger partial charge on any atom is 0.257 e. The second-order valence-corrected chi connectivity index (χ2v) is 7.22. The van der Waals surface area contributed by atoms with Crippen LogP contribution in [0.2, 0.25) is 0 Å². The van der Waals surface area contributed by atoms with Gasteiger partial charge in [0.15, 0.2) is 0 Å². The van der Waals surface area contributed by atoms with E-state index in [-0.39, 0.29) is 36.0 Å². The Hall–Kier alpha value is -2.61. The minimum Gasteiger partial charge on any atom is -0.490 e. The second kappa shape index (κ2) is 8.60. The summed E-state index contributed by atoms with van der Waals surface area (Å²) in [5, 5.41) is 5.48. The Balaban J connectivity index is 1.77. The summed E-state index contributed by atoms with van der Waals surface area (Å²) < 4.78 is 12.0. The lowest BCUT2D eigenvalue weighted by atomic mass is 9.94. The molecule has 1 fully saturated rings. The van der Waals surface area contributed by atoms with E-state index < -0.39 is 0 Å². The van der Waals surface area contributed by atoms with Gasteiger partial charge in [-0.15, -0.1) is 0 Å². The SMILES string of the molecule is CCNC(=O)C[C@H]1CC[C@@H]2[C@@H](COc3ccc(NC(C)=O)cc3C(=O)N2C)O1. The summed E-state index contributed by atoms with van der Waals surface area (Å²) in [6.07, 6.45) is 1.27. The number of hydrogen-bond acceptors (Lipinski definition) is 5. The van der Waals surface area contributed by atoms with Crippen LogP contribution in [0.5, 0.6) is 5.75 Å². The molecule has 0 bridgehead atoms. The van der Waals surface area contributed by atoms with Crippen LogP contribution in [0.1, 0.15) is 43.5 Å². The first kappa shape index (κ1) is 20.1. The van der Waals surface area contributed by atoms with Gasteiger partial charge in [0.25, 0.3) is 5.91 Å². The topological polar surface area (TPSA) is 97.0 Å². The number of amides is 3. The maximum absolute atomic E-state index is 13.0. The highest BCUT2D eigenvalue weighted by Gasteiger charge is 2.39. The lowest BCUT2D eigenvalue weighted by Gasteiger charge is -2.42. The number of benzene rings is 1. The fourth-order valence-electron chi connectivity index (χ4n) is 3.78. The number of hydrogen-bond donors (Lipinski definition) is 2. The lowest BCUT2D eigenvalue weighted by Crippen LogP contribution is -2.53. The summed E-state index contributed by atoms with van der Waals surface area (Å²) in [5.74, 6) is 0.0472. The minimum absolute atomic E-state index is 0.0296. The Bertz CT molecular complexity index is 766. The van der Waals surface area contributed by atoms with Crippen molar-refractivity contribution in [2.24, 2.45) is 0 Å². The van der Waals surface area contributed by atoms with Crippen molar-refractivity contribution in [3.63, 3.8) is 0 Å². The van der Waals surface area contributed by atoms with Crippen LogP contribution in [-0.4, -0.2) is 61.1 Å². The zero-order valence-corrected chi connectivity index (χ0v) is 16.5. The third-order valence-corrected chi connectivity index (χ3v) is 5.12. The van der Waals surface area contributed by atoms with Crippen LogP contribution in [0.4, 0.5) is 5.69 Å². The van der Waals surface area contributed by atoms with Gasteiger partial charge >= 0.3 is 0 Å². The fourth-order valence-corrected chi connectivity index (χ4v) is 3.78. The first-order valence-electron chi connectivity index (χ1n) is 9.62. The monoisotopic (exact) mass is 389 g/mol. The number of rotatable bonds is 4. The van der Waals surface area contributed by atoms with Crippen molar-refractivity contribution in [2.75, 3.05) is 25.5 Å². The first-order chi connectivity index (χ1) is 13.4. The molecule has 3 rings (SSSR count). The van der Waals surface area contributed by atoms with Crippen molar-refractivity contribution < 1.29 is 23.9 Å². The van der Waals surface area contributed by atoms with Crippen LogP contribution in [0.3, 0.4) is 0 Å². The number of carbonyl (C=O) groups is 3. The number of anilines is 1. The molecule has 28 heavy (non-hydrogen) atoms. The fraction of sp³-hybridized carbons (Fsp3) is 0.550. The van der Waals surface area contributed by atoms with Gasteiger partial charge in [0.05, 0.1) is 24.1 Å². The van der Waals surface area contributed by atoms with Crippen LogP contribution in [0.15, 0.2) is 18.2 Å². The standard InChI is InChI=1S/C20H27N3O5/c1-4-21-19(25)10-14-6-7-16-18(28-14)11-27-17-8-5-13(22-12(2)24)9-15(17)20(26)23(16)3/h5,8-9,14,16,18H,4,6-7,10-11H2,1-3H3,(H,21,25)(H,22,24)/t14-,16-,18-/m1/s1. The molecule has 1 saturated heterocycles. The molecular weight excluding hydrogens is 362 g/mol. The van der Waals surface area contributed by atoms with Gasteiger partial charge < -0.3 is 25.0 Å². The van der Waals surface area contributed by atoms with Gasteiger partial charge in [0.2, 0.25) is 11.8 Å². The van der Waals surface area contributed by atoms with Crippen LogP contribution in [0, 0.1) is 0 Å². The number of carbonyl (C=O) groups excluding carboxylic acids is 3. The first-order valence-corrected chi connectivity index (χ1v) is 9.62. The molecule has 2 aliphatic heterocycles. The molecule has 2 heterocycles. The molecule has 0 radical (unpaired) electrons. The smallest absolute Gasteiger partial charge is 0.257 e. The molecule has 1 aromatic rings. The average molecular weight is 389 g/mol. The van der Waals surface area contributed by atoms with Gasteiger partial charge in [-0.1, -0.05) is 0 Å². The quantitative estimate of drug-likeness (QED) is 0.814. The molecule has 0 unspecified atom stereocenters. The van der Waals surface area contributed by atoms with Crippen molar-refractivity contribution in [1.29, 1.82) is 0 Å². The summed E-state index contributed by atoms with van der Waals surface area (Å²) in [6, 6.07) is 4.89. The zero-order valence-electron chi connectivity index (χ0n) is 16.5. The van der Waals surface area contributed by atoms with Crippen LogP contribution in [-0.2, 0) is 14.3 Å². The number of likely N-dealkylation sites (N-methyl/N-ethyl adjacent to an activating group) is 1. The maximum atomic E-state index is 13.0. The highest BCUT2D eigenvalue weighted by Crippen LogP contribution is 2.32. The molecule has 1 aromatic carbocycles. The van der Waals surface area contributed by atoms with Gasteiger partial charge in [-0.2, -0.15) is 0 Å². The van der Waals surface area contributed by atoms with Crippen molar-refractivity contribution in [3.8, 4) is 5.75 Å². The Morgan fingerprint density at radius 2 is 2.07 bits per heavy atom. The number of fused-ring (bicyclic) bond motifs is 2. The molecule has 152 valence electrons. The van der Waals surface area contributed by atoms with Crippen molar-refractivity contribution in [2.45, 2.75) is 51.4 Å². The van der Waals surface area contributed by atoms with Crippen molar-refractivity contribution in [3.05, 3.63) is 23.8 Å². The summed E-state index contributed by atoms with van der Waals surface area (Å²) in [6.45, 7) is 4.19. The van der Waals surface area contributed by atoms with Crippen LogP contribution < -0.4 is 15.4 Å². The molecule has 2 aliphatic rings. The Morgan fingerprint density at radius 3 is 2.79 bits per heavy atom. The van der Waals surface area contributed by atoms with E-state index in [0.29, 0.717) is 43.0 Å². The number of nitrogens with zero attached hydrogens (tertiary/aromatic N) is 1. The lowest BCUT2D eigenvalue weighted by molar-refractivity contribution is -0.134. The van der Waals surface area contributed by atoms with E-state index in [4.69, 9.17) is 9.47 Å². The largest absolute Gasteiger partial charge is 0.490 e. The number of nitrogens with one attached hydrogen (secondary N) is 2. The summed E-state index contributed by atoms with van der Waals surface area (Å²) in [4.78, 5) is 37.9. The Morgan fingerprint density at radius 1 is 1.29 bits per heavy atom.